The van der Waals surface area contributed by atoms with E-state index in [1.807, 2.05) is 12.2 Å². The van der Waals surface area contributed by atoms with Crippen LogP contribution in [0.15, 0.2) is 12.2 Å². The Morgan fingerprint density at radius 1 is 1.26 bits per heavy atom. The Kier molecular flexibility index (Phi) is 5.43. The van der Waals surface area contributed by atoms with E-state index in [9.17, 15) is 20.0 Å². The molecule has 0 spiro atoms. The van der Waals surface area contributed by atoms with Crippen molar-refractivity contribution in [1.29, 1.82) is 5.26 Å². The molecule has 1 amide bonds. The van der Waals surface area contributed by atoms with Gasteiger partial charge >= 0.3 is 5.97 Å². The zero-order chi connectivity index (χ0) is 19.8. The van der Waals surface area contributed by atoms with Gasteiger partial charge in [-0.1, -0.05) is 32.9 Å². The van der Waals surface area contributed by atoms with Gasteiger partial charge in [0.2, 0.25) is 5.91 Å². The Hall–Kier alpha value is -2.13. The summed E-state index contributed by atoms with van der Waals surface area (Å²) in [4.78, 5) is 25.4. The molecule has 1 aromatic rings. The minimum atomic E-state index is -0.946. The number of allylic oxidation sites excluding steroid dienone is 2. The highest BCUT2D eigenvalue weighted by Gasteiger charge is 2.36. The molecule has 144 valence electrons. The number of carboxylic acids is 1. The van der Waals surface area contributed by atoms with Crippen LogP contribution < -0.4 is 5.32 Å². The topological polar surface area (TPSA) is 90.2 Å². The first-order chi connectivity index (χ1) is 12.7. The van der Waals surface area contributed by atoms with Gasteiger partial charge in [-0.25, -0.2) is 0 Å². The summed E-state index contributed by atoms with van der Waals surface area (Å²) in [7, 11) is 0. The van der Waals surface area contributed by atoms with Crippen LogP contribution >= 0.6 is 11.3 Å². The molecule has 27 heavy (non-hydrogen) atoms. The van der Waals surface area contributed by atoms with Crippen LogP contribution in [0, 0.1) is 34.5 Å². The fraction of sp³-hybridized carbons (Fsp3) is 0.571. The van der Waals surface area contributed by atoms with Crippen molar-refractivity contribution in [2.75, 3.05) is 5.32 Å². The van der Waals surface area contributed by atoms with Crippen LogP contribution in [-0.2, 0) is 22.4 Å². The highest BCUT2D eigenvalue weighted by molar-refractivity contribution is 7.16. The van der Waals surface area contributed by atoms with Gasteiger partial charge in [0.05, 0.1) is 17.4 Å². The van der Waals surface area contributed by atoms with Crippen LogP contribution in [0.25, 0.3) is 0 Å². The van der Waals surface area contributed by atoms with Crippen LogP contribution in [0.3, 0.4) is 0 Å². The Balaban J connectivity index is 1.83. The van der Waals surface area contributed by atoms with Gasteiger partial charge in [0.1, 0.15) is 11.1 Å². The summed E-state index contributed by atoms with van der Waals surface area (Å²) in [6, 6.07) is 2.26. The maximum absolute atomic E-state index is 12.8. The standard InChI is InChI=1S/C21H26N2O3S/c1-21(2,3)12-8-9-13-16(11-22)19(27-17(13)10-12)23-18(24)14-6-4-5-7-15(14)20(25)26/h4-5,12,14-15H,6-10H2,1-3H3,(H,23,24)(H,25,26)/t12-,14+,15+/m1/s1. The third-order valence-corrected chi connectivity index (χ3v) is 7.09. The Bertz CT molecular complexity index is 826. The summed E-state index contributed by atoms with van der Waals surface area (Å²) >= 11 is 1.49. The molecule has 2 aliphatic carbocycles. The van der Waals surface area contributed by atoms with Gasteiger partial charge in [0, 0.05) is 4.88 Å². The van der Waals surface area contributed by atoms with Crippen molar-refractivity contribution < 1.29 is 14.7 Å². The van der Waals surface area contributed by atoms with E-state index >= 15 is 0 Å². The zero-order valence-corrected chi connectivity index (χ0v) is 16.9. The number of nitriles is 1. The second kappa shape index (κ2) is 7.47. The van der Waals surface area contributed by atoms with Crippen molar-refractivity contribution in [3.8, 4) is 6.07 Å². The number of hydrogen-bond donors (Lipinski definition) is 2. The number of carboxylic acid groups (broad SMARTS) is 1. The fourth-order valence-corrected chi connectivity index (χ4v) is 5.39. The largest absolute Gasteiger partial charge is 0.481 e. The van der Waals surface area contributed by atoms with E-state index in [0.29, 0.717) is 29.3 Å². The molecule has 3 atom stereocenters. The van der Waals surface area contributed by atoms with Crippen molar-refractivity contribution in [3.63, 3.8) is 0 Å². The minimum Gasteiger partial charge on any atom is -0.481 e. The van der Waals surface area contributed by atoms with Crippen molar-refractivity contribution >= 4 is 28.2 Å². The van der Waals surface area contributed by atoms with Crippen molar-refractivity contribution in [2.45, 2.75) is 52.9 Å². The number of carbonyl (C=O) groups excluding carboxylic acids is 1. The van der Waals surface area contributed by atoms with Gasteiger partial charge in [0.15, 0.2) is 0 Å². The maximum Gasteiger partial charge on any atom is 0.307 e. The number of carbonyl (C=O) groups is 2. The number of thiophene rings is 1. The highest BCUT2D eigenvalue weighted by atomic mass is 32.1. The molecule has 0 saturated heterocycles. The third kappa shape index (κ3) is 3.93. The molecule has 2 aliphatic rings. The zero-order valence-electron chi connectivity index (χ0n) is 16.0. The Morgan fingerprint density at radius 2 is 1.93 bits per heavy atom. The average Bonchev–Trinajstić information content (AvgIpc) is 2.96. The second-order valence-electron chi connectivity index (χ2n) is 8.61. The number of nitrogens with one attached hydrogen (secondary N) is 1. The first-order valence-electron chi connectivity index (χ1n) is 9.45. The lowest BCUT2D eigenvalue weighted by atomic mass is 9.72. The number of aliphatic carboxylic acids is 1. The number of fused-ring (bicyclic) bond motifs is 1. The van der Waals surface area contributed by atoms with Crippen molar-refractivity contribution in [2.24, 2.45) is 23.2 Å². The van der Waals surface area contributed by atoms with E-state index in [0.717, 1.165) is 24.8 Å². The summed E-state index contributed by atoms with van der Waals surface area (Å²) in [5.74, 6) is -1.99. The lowest BCUT2D eigenvalue weighted by molar-refractivity contribution is -0.146. The van der Waals surface area contributed by atoms with Crippen LogP contribution in [0.5, 0.6) is 0 Å². The van der Waals surface area contributed by atoms with E-state index in [-0.39, 0.29) is 11.3 Å². The molecule has 5 nitrogen and oxygen atoms in total. The summed E-state index contributed by atoms with van der Waals surface area (Å²) in [6.45, 7) is 6.73. The molecule has 1 heterocycles. The van der Waals surface area contributed by atoms with E-state index in [4.69, 9.17) is 0 Å². The first kappa shape index (κ1) is 19.6. The molecule has 0 unspecified atom stereocenters. The number of rotatable bonds is 3. The quantitative estimate of drug-likeness (QED) is 0.755. The lowest BCUT2D eigenvalue weighted by Gasteiger charge is -2.33. The molecular weight excluding hydrogens is 360 g/mol. The molecule has 0 fully saturated rings. The minimum absolute atomic E-state index is 0.209. The van der Waals surface area contributed by atoms with E-state index in [1.54, 1.807) is 0 Å². The smallest absolute Gasteiger partial charge is 0.307 e. The highest BCUT2D eigenvalue weighted by Crippen LogP contribution is 2.44. The lowest BCUT2D eigenvalue weighted by Crippen LogP contribution is -2.34. The van der Waals surface area contributed by atoms with Gasteiger partial charge in [-0.3, -0.25) is 9.59 Å². The molecule has 1 aromatic heterocycles. The van der Waals surface area contributed by atoms with Gasteiger partial charge < -0.3 is 10.4 Å². The van der Waals surface area contributed by atoms with E-state index in [2.05, 4.69) is 32.2 Å². The predicted molar refractivity (Wildman–Crippen MR) is 106 cm³/mol. The predicted octanol–water partition coefficient (Wildman–Crippen LogP) is 4.38. The Morgan fingerprint density at radius 3 is 2.52 bits per heavy atom. The summed E-state index contributed by atoms with van der Waals surface area (Å²) < 4.78 is 0. The molecule has 0 aliphatic heterocycles. The number of anilines is 1. The van der Waals surface area contributed by atoms with E-state index in [1.165, 1.54) is 16.2 Å². The van der Waals surface area contributed by atoms with Crippen LogP contribution in [-0.4, -0.2) is 17.0 Å². The molecular formula is C21H26N2O3S. The molecule has 3 rings (SSSR count). The van der Waals surface area contributed by atoms with Crippen LogP contribution in [0.2, 0.25) is 0 Å². The van der Waals surface area contributed by atoms with Gasteiger partial charge in [-0.05, 0) is 49.0 Å². The monoisotopic (exact) mass is 386 g/mol. The normalized spacial score (nSPS) is 24.7. The molecule has 0 aromatic carbocycles. The molecule has 6 heteroatoms. The van der Waals surface area contributed by atoms with Crippen LogP contribution in [0.1, 0.15) is 56.0 Å². The van der Waals surface area contributed by atoms with Gasteiger partial charge in [0.25, 0.3) is 0 Å². The second-order valence-corrected chi connectivity index (χ2v) is 9.71. The van der Waals surface area contributed by atoms with Gasteiger partial charge in [-0.2, -0.15) is 5.26 Å². The fourth-order valence-electron chi connectivity index (χ4n) is 4.11. The molecule has 0 radical (unpaired) electrons. The third-order valence-electron chi connectivity index (χ3n) is 5.92. The SMILES string of the molecule is CC(C)(C)[C@@H]1CCc2c(sc(NC(=O)[C@H]3CC=CC[C@@H]3C(=O)O)c2C#N)C1. The number of nitrogens with zero attached hydrogens (tertiary/aromatic N) is 1. The van der Waals surface area contributed by atoms with Crippen molar-refractivity contribution in [3.05, 3.63) is 28.2 Å². The van der Waals surface area contributed by atoms with Gasteiger partial charge in [-0.15, -0.1) is 11.3 Å². The number of amides is 1. The molecule has 0 saturated carbocycles. The molecule has 2 N–H and O–H groups in total. The molecule has 0 bridgehead atoms. The van der Waals surface area contributed by atoms with E-state index < -0.39 is 17.8 Å². The Labute approximate surface area is 164 Å². The average molecular weight is 387 g/mol. The maximum atomic E-state index is 12.8. The van der Waals surface area contributed by atoms with Crippen LogP contribution in [0.4, 0.5) is 5.00 Å². The number of hydrogen-bond acceptors (Lipinski definition) is 4. The summed E-state index contributed by atoms with van der Waals surface area (Å²) in [6.07, 6.45) is 7.30. The summed E-state index contributed by atoms with van der Waals surface area (Å²) in [5.41, 5.74) is 1.84. The summed E-state index contributed by atoms with van der Waals surface area (Å²) in [5, 5.41) is 22.5. The van der Waals surface area contributed by atoms with Crippen molar-refractivity contribution in [1.82, 2.24) is 0 Å². The first-order valence-corrected chi connectivity index (χ1v) is 10.3.